The van der Waals surface area contributed by atoms with Crippen LogP contribution in [-0.4, -0.2) is 29.3 Å². The molecule has 5 nitrogen and oxygen atoms in total. The third-order valence-electron chi connectivity index (χ3n) is 5.72. The zero-order chi connectivity index (χ0) is 20.4. The molecule has 0 aliphatic carbocycles. The van der Waals surface area contributed by atoms with Crippen LogP contribution in [0.25, 0.3) is 10.9 Å². The Morgan fingerprint density at radius 1 is 1.17 bits per heavy atom. The SMILES string of the molecule is CC(C)c1ccc2[nH]c(=O)c(CNc3ccc(N4CCC[C@@H](O)C4)cc3)cc2c1. The van der Waals surface area contributed by atoms with E-state index in [0.717, 1.165) is 47.2 Å². The summed E-state index contributed by atoms with van der Waals surface area (Å²) in [4.78, 5) is 17.7. The molecule has 1 saturated heterocycles. The lowest BCUT2D eigenvalue weighted by atomic mass is 10.0. The Hall–Kier alpha value is -2.79. The van der Waals surface area contributed by atoms with Crippen molar-refractivity contribution in [3.8, 4) is 0 Å². The molecule has 0 spiro atoms. The van der Waals surface area contributed by atoms with E-state index in [1.165, 1.54) is 5.56 Å². The quantitative estimate of drug-likeness (QED) is 0.609. The minimum Gasteiger partial charge on any atom is -0.391 e. The molecule has 0 amide bonds. The number of nitrogens with one attached hydrogen (secondary N) is 2. The van der Waals surface area contributed by atoms with E-state index in [9.17, 15) is 9.90 Å². The van der Waals surface area contributed by atoms with Gasteiger partial charge in [0, 0.05) is 42.1 Å². The van der Waals surface area contributed by atoms with Crippen LogP contribution in [0.5, 0.6) is 0 Å². The highest BCUT2D eigenvalue weighted by Crippen LogP contribution is 2.23. The van der Waals surface area contributed by atoms with Crippen LogP contribution in [0, 0.1) is 0 Å². The van der Waals surface area contributed by atoms with E-state index in [1.807, 2.05) is 24.3 Å². The molecule has 1 aromatic heterocycles. The third kappa shape index (κ3) is 4.46. The van der Waals surface area contributed by atoms with E-state index < -0.39 is 0 Å². The van der Waals surface area contributed by atoms with Crippen LogP contribution in [0.3, 0.4) is 0 Å². The number of β-amino-alcohol motifs (C(OH)–C–C–N with tert-alkyl or cyclic N) is 1. The Bertz CT molecular complexity index is 1040. The van der Waals surface area contributed by atoms with Crippen molar-refractivity contribution >= 4 is 22.3 Å². The minimum atomic E-state index is -0.239. The molecule has 1 atom stereocenters. The normalized spacial score (nSPS) is 17.1. The van der Waals surface area contributed by atoms with Crippen molar-refractivity contribution in [3.63, 3.8) is 0 Å². The van der Waals surface area contributed by atoms with E-state index in [0.29, 0.717) is 19.0 Å². The average Bonchev–Trinajstić information content (AvgIpc) is 2.72. The number of aliphatic hydroxyl groups excluding tert-OH is 1. The molecule has 2 aromatic carbocycles. The topological polar surface area (TPSA) is 68.4 Å². The summed E-state index contributed by atoms with van der Waals surface area (Å²) in [6.45, 7) is 6.48. The van der Waals surface area contributed by atoms with E-state index in [4.69, 9.17) is 0 Å². The molecule has 3 aromatic rings. The van der Waals surface area contributed by atoms with Crippen LogP contribution in [0.15, 0.2) is 53.3 Å². The largest absolute Gasteiger partial charge is 0.391 e. The summed E-state index contributed by atoms with van der Waals surface area (Å²) in [6.07, 6.45) is 1.66. The Morgan fingerprint density at radius 3 is 2.69 bits per heavy atom. The standard InChI is InChI=1S/C24H29N3O2/c1-16(2)17-5-10-23-18(12-17)13-19(24(29)26-23)14-25-20-6-8-21(9-7-20)27-11-3-4-22(28)15-27/h5-10,12-13,16,22,25,28H,3-4,11,14-15H2,1-2H3,(H,26,29)/t22-/m1/s1. The molecule has 0 saturated carbocycles. The Labute approximate surface area is 171 Å². The van der Waals surface area contributed by atoms with E-state index >= 15 is 0 Å². The number of nitrogens with zero attached hydrogens (tertiary/aromatic N) is 1. The smallest absolute Gasteiger partial charge is 0.253 e. The monoisotopic (exact) mass is 391 g/mol. The van der Waals surface area contributed by atoms with Crippen molar-refractivity contribution in [1.82, 2.24) is 4.98 Å². The second-order valence-electron chi connectivity index (χ2n) is 8.27. The average molecular weight is 392 g/mol. The summed E-state index contributed by atoms with van der Waals surface area (Å²) >= 11 is 0. The molecule has 5 heteroatoms. The van der Waals surface area contributed by atoms with Crippen LogP contribution in [-0.2, 0) is 6.54 Å². The molecule has 0 radical (unpaired) electrons. The highest BCUT2D eigenvalue weighted by atomic mass is 16.3. The zero-order valence-corrected chi connectivity index (χ0v) is 17.1. The predicted octanol–water partition coefficient (Wildman–Crippen LogP) is 4.22. The number of aromatic amines is 1. The molecular weight excluding hydrogens is 362 g/mol. The van der Waals surface area contributed by atoms with Gasteiger partial charge < -0.3 is 20.3 Å². The van der Waals surface area contributed by atoms with Crippen LogP contribution in [0.4, 0.5) is 11.4 Å². The van der Waals surface area contributed by atoms with Crippen molar-refractivity contribution in [2.75, 3.05) is 23.3 Å². The molecule has 152 valence electrons. The maximum absolute atomic E-state index is 12.4. The van der Waals surface area contributed by atoms with Crippen molar-refractivity contribution in [2.45, 2.75) is 45.3 Å². The number of hydrogen-bond donors (Lipinski definition) is 3. The number of anilines is 2. The summed E-state index contributed by atoms with van der Waals surface area (Å²) in [5.41, 5.74) is 4.90. The Kier molecular flexibility index (Phi) is 5.58. The number of benzene rings is 2. The number of pyridine rings is 1. The maximum Gasteiger partial charge on any atom is 0.253 e. The summed E-state index contributed by atoms with van der Waals surface area (Å²) < 4.78 is 0. The van der Waals surface area contributed by atoms with Gasteiger partial charge in [-0.3, -0.25) is 4.79 Å². The first-order valence-electron chi connectivity index (χ1n) is 10.4. The number of H-pyrrole nitrogens is 1. The number of piperidine rings is 1. The Morgan fingerprint density at radius 2 is 1.97 bits per heavy atom. The van der Waals surface area contributed by atoms with Crippen LogP contribution in [0.2, 0.25) is 0 Å². The zero-order valence-electron chi connectivity index (χ0n) is 17.1. The molecule has 3 N–H and O–H groups in total. The van der Waals surface area contributed by atoms with E-state index in [1.54, 1.807) is 0 Å². The van der Waals surface area contributed by atoms with Crippen LogP contribution < -0.4 is 15.8 Å². The third-order valence-corrected chi connectivity index (χ3v) is 5.72. The fourth-order valence-electron chi connectivity index (χ4n) is 3.94. The van der Waals surface area contributed by atoms with Crippen molar-refractivity contribution in [2.24, 2.45) is 0 Å². The number of rotatable bonds is 5. The summed E-state index contributed by atoms with van der Waals surface area (Å²) in [5, 5.41) is 14.3. The van der Waals surface area contributed by atoms with Crippen molar-refractivity contribution in [1.29, 1.82) is 0 Å². The second kappa shape index (κ2) is 8.29. The molecule has 1 fully saturated rings. The van der Waals surface area contributed by atoms with Crippen LogP contribution >= 0.6 is 0 Å². The lowest BCUT2D eigenvalue weighted by Crippen LogP contribution is -2.38. The molecule has 1 aliphatic heterocycles. The second-order valence-corrected chi connectivity index (χ2v) is 8.27. The molecule has 1 aliphatic rings. The lowest BCUT2D eigenvalue weighted by molar-refractivity contribution is 0.154. The van der Waals surface area contributed by atoms with Gasteiger partial charge in [-0.25, -0.2) is 0 Å². The van der Waals surface area contributed by atoms with Gasteiger partial charge in [-0.1, -0.05) is 19.9 Å². The van der Waals surface area contributed by atoms with E-state index in [2.05, 4.69) is 53.3 Å². The molecule has 29 heavy (non-hydrogen) atoms. The van der Waals surface area contributed by atoms with Crippen LogP contribution in [0.1, 0.15) is 43.7 Å². The lowest BCUT2D eigenvalue weighted by Gasteiger charge is -2.32. The van der Waals surface area contributed by atoms with Crippen molar-refractivity contribution in [3.05, 3.63) is 70.0 Å². The number of aromatic nitrogens is 1. The number of aliphatic hydroxyl groups is 1. The number of hydrogen-bond acceptors (Lipinski definition) is 4. The molecule has 0 unspecified atom stereocenters. The van der Waals surface area contributed by atoms with Gasteiger partial charge in [0.25, 0.3) is 5.56 Å². The van der Waals surface area contributed by atoms with Crippen molar-refractivity contribution < 1.29 is 5.11 Å². The predicted molar refractivity (Wildman–Crippen MR) is 120 cm³/mol. The Balaban J connectivity index is 1.47. The number of fused-ring (bicyclic) bond motifs is 1. The van der Waals surface area contributed by atoms with Gasteiger partial charge in [-0.05, 0) is 72.2 Å². The molecule has 0 bridgehead atoms. The van der Waals surface area contributed by atoms with Gasteiger partial charge in [0.1, 0.15) is 0 Å². The summed E-state index contributed by atoms with van der Waals surface area (Å²) in [7, 11) is 0. The maximum atomic E-state index is 12.4. The fourth-order valence-corrected chi connectivity index (χ4v) is 3.94. The highest BCUT2D eigenvalue weighted by molar-refractivity contribution is 5.80. The first kappa shape index (κ1) is 19.5. The molecular formula is C24H29N3O2. The van der Waals surface area contributed by atoms with Gasteiger partial charge in [-0.15, -0.1) is 0 Å². The van der Waals surface area contributed by atoms with E-state index in [-0.39, 0.29) is 11.7 Å². The summed E-state index contributed by atoms with van der Waals surface area (Å²) in [6, 6.07) is 16.4. The van der Waals surface area contributed by atoms with Gasteiger partial charge in [0.2, 0.25) is 0 Å². The van der Waals surface area contributed by atoms with Gasteiger partial charge in [-0.2, -0.15) is 0 Å². The molecule has 4 rings (SSSR count). The molecule has 2 heterocycles. The minimum absolute atomic E-state index is 0.0544. The van der Waals surface area contributed by atoms with Gasteiger partial charge in [0.05, 0.1) is 6.10 Å². The fraction of sp³-hybridized carbons (Fsp3) is 0.375. The van der Waals surface area contributed by atoms with Gasteiger partial charge >= 0.3 is 0 Å². The summed E-state index contributed by atoms with van der Waals surface area (Å²) in [5.74, 6) is 0.451. The first-order valence-corrected chi connectivity index (χ1v) is 10.4. The highest BCUT2D eigenvalue weighted by Gasteiger charge is 2.17. The first-order chi connectivity index (χ1) is 14.0. The van der Waals surface area contributed by atoms with Gasteiger partial charge in [0.15, 0.2) is 0 Å².